The molecule has 0 saturated heterocycles. The zero-order valence-corrected chi connectivity index (χ0v) is 16.8. The van der Waals surface area contributed by atoms with Crippen LogP contribution in [0.4, 0.5) is 0 Å². The maximum absolute atomic E-state index is 12.6. The summed E-state index contributed by atoms with van der Waals surface area (Å²) in [6.07, 6.45) is 2.86. The van der Waals surface area contributed by atoms with Gasteiger partial charge >= 0.3 is 0 Å². The van der Waals surface area contributed by atoms with Crippen molar-refractivity contribution in [2.24, 2.45) is 5.10 Å². The Kier molecular flexibility index (Phi) is 6.96. The Bertz CT molecular complexity index is 1080. The molecule has 0 aliphatic heterocycles. The smallest absolute Gasteiger partial charge is 0.287 e. The van der Waals surface area contributed by atoms with E-state index < -0.39 is 11.8 Å². The fourth-order valence-electron chi connectivity index (χ4n) is 2.49. The molecule has 0 aliphatic carbocycles. The number of nitrogens with zero attached hydrogens (tertiary/aromatic N) is 1. The predicted molar refractivity (Wildman–Crippen MR) is 117 cm³/mol. The summed E-state index contributed by atoms with van der Waals surface area (Å²) in [6.45, 7) is 0. The fraction of sp³-hybridized carbons (Fsp3) is 0.0455. The molecule has 0 aliphatic rings. The third-order valence-corrected chi connectivity index (χ3v) is 4.80. The second kappa shape index (κ2) is 10.0. The van der Waals surface area contributed by atoms with Gasteiger partial charge in [0.15, 0.2) is 11.5 Å². The van der Waals surface area contributed by atoms with Crippen LogP contribution in [0.1, 0.15) is 20.8 Å². The highest BCUT2D eigenvalue weighted by molar-refractivity contribution is 7.10. The molecule has 1 heterocycles. The van der Waals surface area contributed by atoms with Crippen LogP contribution in [0.3, 0.4) is 0 Å². The molecule has 0 radical (unpaired) electrons. The van der Waals surface area contributed by atoms with Gasteiger partial charge in [0, 0.05) is 16.0 Å². The van der Waals surface area contributed by atoms with Crippen molar-refractivity contribution < 1.29 is 19.4 Å². The van der Waals surface area contributed by atoms with E-state index in [9.17, 15) is 14.7 Å². The van der Waals surface area contributed by atoms with Gasteiger partial charge in [-0.2, -0.15) is 5.10 Å². The summed E-state index contributed by atoms with van der Waals surface area (Å²) in [5.74, 6) is -0.822. The summed E-state index contributed by atoms with van der Waals surface area (Å²) in [6, 6.07) is 17.2. The van der Waals surface area contributed by atoms with Crippen LogP contribution in [-0.2, 0) is 4.79 Å². The fourth-order valence-corrected chi connectivity index (χ4v) is 3.14. The lowest BCUT2D eigenvalue weighted by Crippen LogP contribution is -2.32. The molecule has 0 spiro atoms. The number of nitrogens with one attached hydrogen (secondary N) is 2. The average Bonchev–Trinajstić information content (AvgIpc) is 3.28. The number of ether oxygens (including phenoxy) is 1. The van der Waals surface area contributed by atoms with Gasteiger partial charge in [0.05, 0.1) is 13.3 Å². The van der Waals surface area contributed by atoms with Crippen molar-refractivity contribution >= 4 is 35.4 Å². The lowest BCUT2D eigenvalue weighted by Gasteiger charge is -2.09. The van der Waals surface area contributed by atoms with Crippen LogP contribution < -0.4 is 15.5 Å². The summed E-state index contributed by atoms with van der Waals surface area (Å²) in [5.41, 5.74) is 3.20. The number of phenols is 1. The monoisotopic (exact) mass is 421 g/mol. The van der Waals surface area contributed by atoms with Crippen molar-refractivity contribution in [1.29, 1.82) is 0 Å². The molecule has 0 bridgehead atoms. The highest BCUT2D eigenvalue weighted by Crippen LogP contribution is 2.27. The van der Waals surface area contributed by atoms with Crippen LogP contribution in [-0.4, -0.2) is 30.2 Å². The maximum Gasteiger partial charge on any atom is 0.287 e. The number of carbonyl (C=O) groups is 2. The minimum absolute atomic E-state index is 0.0401. The first-order chi connectivity index (χ1) is 14.6. The summed E-state index contributed by atoms with van der Waals surface area (Å²) in [7, 11) is 1.44. The molecule has 8 heteroatoms. The number of hydrogen-bond acceptors (Lipinski definition) is 6. The van der Waals surface area contributed by atoms with Crippen molar-refractivity contribution in [1.82, 2.24) is 10.7 Å². The molecular formula is C22H19N3O4S. The summed E-state index contributed by atoms with van der Waals surface area (Å²) < 4.78 is 5.04. The van der Waals surface area contributed by atoms with Gasteiger partial charge in [-0.25, -0.2) is 5.43 Å². The van der Waals surface area contributed by atoms with Gasteiger partial charge in [-0.05, 0) is 41.8 Å². The molecule has 1 aromatic heterocycles. The third-order valence-electron chi connectivity index (χ3n) is 3.98. The van der Waals surface area contributed by atoms with E-state index in [1.165, 1.54) is 24.7 Å². The number of carbonyl (C=O) groups excluding carboxylic acids is 2. The molecule has 3 rings (SSSR count). The number of para-hydroxylation sites is 1. The quantitative estimate of drug-likeness (QED) is 0.309. The number of rotatable bonds is 7. The first kappa shape index (κ1) is 20.8. The molecule has 3 aromatic rings. The van der Waals surface area contributed by atoms with Crippen LogP contribution in [0.2, 0.25) is 0 Å². The van der Waals surface area contributed by atoms with E-state index in [1.54, 1.807) is 54.6 Å². The average molecular weight is 421 g/mol. The molecule has 3 N–H and O–H groups in total. The Morgan fingerprint density at radius 2 is 1.87 bits per heavy atom. The van der Waals surface area contributed by atoms with E-state index in [1.807, 2.05) is 17.5 Å². The molecule has 2 amide bonds. The van der Waals surface area contributed by atoms with Crippen molar-refractivity contribution in [3.8, 4) is 11.5 Å². The largest absolute Gasteiger partial charge is 0.504 e. The Labute approximate surface area is 177 Å². The SMILES string of the molecule is COc1cccc(/C=N/NC(=O)/C(=C\c2cccs2)NC(=O)c2ccccc2)c1O. The summed E-state index contributed by atoms with van der Waals surface area (Å²) in [4.78, 5) is 25.9. The van der Waals surface area contributed by atoms with E-state index in [0.717, 1.165) is 4.88 Å². The molecule has 30 heavy (non-hydrogen) atoms. The molecule has 0 unspecified atom stereocenters. The van der Waals surface area contributed by atoms with Crippen LogP contribution in [0.5, 0.6) is 11.5 Å². The summed E-state index contributed by atoms with van der Waals surface area (Å²) >= 11 is 1.43. The molecule has 7 nitrogen and oxygen atoms in total. The van der Waals surface area contributed by atoms with Gasteiger partial charge in [0.1, 0.15) is 5.70 Å². The zero-order valence-electron chi connectivity index (χ0n) is 16.0. The van der Waals surface area contributed by atoms with Crippen molar-refractivity contribution in [2.45, 2.75) is 0 Å². The number of benzene rings is 2. The predicted octanol–water partition coefficient (Wildman–Crippen LogP) is 3.38. The minimum Gasteiger partial charge on any atom is -0.504 e. The van der Waals surface area contributed by atoms with Crippen LogP contribution in [0.25, 0.3) is 6.08 Å². The van der Waals surface area contributed by atoms with Gasteiger partial charge in [-0.15, -0.1) is 11.3 Å². The molecule has 0 fully saturated rings. The first-order valence-corrected chi connectivity index (χ1v) is 9.77. The molecule has 2 aromatic carbocycles. The van der Waals surface area contributed by atoms with E-state index in [-0.39, 0.29) is 11.4 Å². The second-order valence-corrected chi connectivity index (χ2v) is 6.97. The minimum atomic E-state index is -0.605. The normalized spacial score (nSPS) is 11.3. The molecule has 0 atom stereocenters. The molecule has 152 valence electrons. The number of amides is 2. The third kappa shape index (κ3) is 5.33. The van der Waals surface area contributed by atoms with E-state index >= 15 is 0 Å². The highest BCUT2D eigenvalue weighted by Gasteiger charge is 2.14. The second-order valence-electron chi connectivity index (χ2n) is 5.99. The number of phenolic OH excluding ortho intramolecular Hbond substituents is 1. The topological polar surface area (TPSA) is 100 Å². The van der Waals surface area contributed by atoms with Crippen LogP contribution in [0, 0.1) is 0 Å². The highest BCUT2D eigenvalue weighted by atomic mass is 32.1. The molecule has 0 saturated carbocycles. The number of hydrogen-bond donors (Lipinski definition) is 3. The Morgan fingerprint density at radius 3 is 2.57 bits per heavy atom. The lowest BCUT2D eigenvalue weighted by molar-refractivity contribution is -0.117. The first-order valence-electron chi connectivity index (χ1n) is 8.89. The van der Waals surface area contributed by atoms with Crippen LogP contribution in [0.15, 0.2) is 76.8 Å². The van der Waals surface area contributed by atoms with Gasteiger partial charge in [0.25, 0.3) is 11.8 Å². The number of aromatic hydroxyl groups is 1. The van der Waals surface area contributed by atoms with E-state index in [0.29, 0.717) is 16.9 Å². The molecular weight excluding hydrogens is 402 g/mol. The Balaban J connectivity index is 1.76. The standard InChI is InChI=1S/C22H19N3O4S/c1-29-19-11-5-9-16(20(19)26)14-23-25-22(28)18(13-17-10-6-12-30-17)24-21(27)15-7-3-2-4-8-15/h2-14,26H,1H3,(H,24,27)(H,25,28)/b18-13+,23-14+. The lowest BCUT2D eigenvalue weighted by atomic mass is 10.2. The Hall–Kier alpha value is -3.91. The van der Waals surface area contributed by atoms with Crippen molar-refractivity contribution in [3.05, 3.63) is 87.7 Å². The maximum atomic E-state index is 12.6. The van der Waals surface area contributed by atoms with Crippen LogP contribution >= 0.6 is 11.3 Å². The zero-order chi connectivity index (χ0) is 21.3. The summed E-state index contributed by atoms with van der Waals surface area (Å²) in [5, 5.41) is 18.5. The van der Waals surface area contributed by atoms with Gasteiger partial charge in [-0.1, -0.05) is 30.3 Å². The van der Waals surface area contributed by atoms with Gasteiger partial charge in [0.2, 0.25) is 0 Å². The Morgan fingerprint density at radius 1 is 1.07 bits per heavy atom. The number of hydrazone groups is 1. The number of methoxy groups -OCH3 is 1. The van der Waals surface area contributed by atoms with E-state index in [4.69, 9.17) is 4.74 Å². The number of thiophene rings is 1. The van der Waals surface area contributed by atoms with Crippen molar-refractivity contribution in [2.75, 3.05) is 7.11 Å². The van der Waals surface area contributed by atoms with Gasteiger partial charge < -0.3 is 15.2 Å². The van der Waals surface area contributed by atoms with Gasteiger partial charge in [-0.3, -0.25) is 9.59 Å². The van der Waals surface area contributed by atoms with E-state index in [2.05, 4.69) is 15.8 Å². The van der Waals surface area contributed by atoms with Crippen molar-refractivity contribution in [3.63, 3.8) is 0 Å².